The molecule has 0 radical (unpaired) electrons. The smallest absolute Gasteiger partial charge is 0.414 e. The minimum atomic E-state index is -1.82. The van der Waals surface area contributed by atoms with Gasteiger partial charge in [0, 0.05) is 31.2 Å². The van der Waals surface area contributed by atoms with E-state index >= 15 is 0 Å². The Bertz CT molecular complexity index is 845. The summed E-state index contributed by atoms with van der Waals surface area (Å²) in [6.07, 6.45) is 5.55. The summed E-state index contributed by atoms with van der Waals surface area (Å²) in [6, 6.07) is 17.2. The fraction of sp³-hybridized carbons (Fsp3) is 0.150. The van der Waals surface area contributed by atoms with E-state index in [1.807, 2.05) is 17.1 Å². The van der Waals surface area contributed by atoms with Gasteiger partial charge in [-0.15, -0.1) is 0 Å². The Kier molecular flexibility index (Phi) is 7.27. The molecule has 7 nitrogen and oxygen atoms in total. The fourth-order valence-electron chi connectivity index (χ4n) is 2.25. The largest absolute Gasteiger partial charge is 0.473 e. The van der Waals surface area contributed by atoms with E-state index in [9.17, 15) is 0 Å². The van der Waals surface area contributed by atoms with Gasteiger partial charge in [0.2, 0.25) is 0 Å². The SMILES string of the molecule is Cc1ccc(CNCc2ccc(-n3ccnc3)cc2)cc1.O=C(O)C(=O)O. The number of imidazole rings is 1. The van der Waals surface area contributed by atoms with Crippen molar-refractivity contribution in [2.24, 2.45) is 0 Å². The van der Waals surface area contributed by atoms with Gasteiger partial charge in [-0.25, -0.2) is 14.6 Å². The quantitative estimate of drug-likeness (QED) is 0.599. The van der Waals surface area contributed by atoms with E-state index in [0.717, 1.165) is 18.8 Å². The molecule has 0 saturated heterocycles. The van der Waals surface area contributed by atoms with E-state index in [4.69, 9.17) is 19.8 Å². The number of hydrogen-bond acceptors (Lipinski definition) is 4. The van der Waals surface area contributed by atoms with Gasteiger partial charge in [0.05, 0.1) is 6.33 Å². The number of aliphatic carboxylic acids is 2. The summed E-state index contributed by atoms with van der Waals surface area (Å²) in [5.41, 5.74) is 5.03. The van der Waals surface area contributed by atoms with Crippen LogP contribution in [0, 0.1) is 6.92 Å². The Morgan fingerprint density at radius 1 is 0.926 bits per heavy atom. The minimum absolute atomic E-state index is 0.873. The van der Waals surface area contributed by atoms with Crippen LogP contribution in [-0.4, -0.2) is 31.7 Å². The lowest BCUT2D eigenvalue weighted by atomic mass is 10.1. The van der Waals surface area contributed by atoms with Crippen LogP contribution in [0.15, 0.2) is 67.3 Å². The molecule has 0 spiro atoms. The molecule has 0 aliphatic heterocycles. The van der Waals surface area contributed by atoms with Crippen LogP contribution < -0.4 is 5.32 Å². The molecule has 0 aliphatic carbocycles. The standard InChI is InChI=1S/C18H19N3.C2H2O4/c1-15-2-4-16(5-3-15)12-20-13-17-6-8-18(9-7-17)21-11-10-19-14-21;3-1(4)2(5)6/h2-11,14,20H,12-13H2,1H3;(H,3,4)(H,5,6). The molecule has 7 heteroatoms. The second kappa shape index (κ2) is 9.88. The Morgan fingerprint density at radius 2 is 1.44 bits per heavy atom. The summed E-state index contributed by atoms with van der Waals surface area (Å²) in [6.45, 7) is 3.88. The average Bonchev–Trinajstić information content (AvgIpc) is 3.19. The van der Waals surface area contributed by atoms with Gasteiger partial charge < -0.3 is 20.1 Å². The molecule has 0 bridgehead atoms. The molecule has 140 valence electrons. The molecule has 0 fully saturated rings. The monoisotopic (exact) mass is 367 g/mol. The van der Waals surface area contributed by atoms with Crippen LogP contribution in [0.3, 0.4) is 0 Å². The second-order valence-electron chi connectivity index (χ2n) is 5.84. The van der Waals surface area contributed by atoms with Gasteiger partial charge >= 0.3 is 11.9 Å². The Balaban J connectivity index is 0.000000380. The molecular formula is C20H21N3O4. The lowest BCUT2D eigenvalue weighted by Crippen LogP contribution is -2.12. The number of benzene rings is 2. The van der Waals surface area contributed by atoms with Crippen LogP contribution in [0.25, 0.3) is 5.69 Å². The first-order valence-electron chi connectivity index (χ1n) is 8.25. The molecule has 1 aromatic heterocycles. The van der Waals surface area contributed by atoms with Gasteiger partial charge in [-0.3, -0.25) is 0 Å². The number of aryl methyl sites for hydroxylation is 1. The molecule has 2 aromatic carbocycles. The molecule has 0 unspecified atom stereocenters. The third-order valence-electron chi connectivity index (χ3n) is 3.70. The number of nitrogens with one attached hydrogen (secondary N) is 1. The van der Waals surface area contributed by atoms with Crippen molar-refractivity contribution in [3.63, 3.8) is 0 Å². The maximum absolute atomic E-state index is 9.10. The summed E-state index contributed by atoms with van der Waals surface area (Å²) in [5.74, 6) is -3.65. The lowest BCUT2D eigenvalue weighted by molar-refractivity contribution is -0.159. The van der Waals surface area contributed by atoms with Crippen molar-refractivity contribution in [1.82, 2.24) is 14.9 Å². The maximum atomic E-state index is 9.10. The third-order valence-corrected chi connectivity index (χ3v) is 3.70. The van der Waals surface area contributed by atoms with Crippen molar-refractivity contribution in [1.29, 1.82) is 0 Å². The van der Waals surface area contributed by atoms with Crippen LogP contribution >= 0.6 is 0 Å². The zero-order chi connectivity index (χ0) is 19.6. The Labute approximate surface area is 156 Å². The fourth-order valence-corrected chi connectivity index (χ4v) is 2.25. The predicted molar refractivity (Wildman–Crippen MR) is 101 cm³/mol. The molecule has 0 amide bonds. The zero-order valence-electron chi connectivity index (χ0n) is 14.9. The highest BCUT2D eigenvalue weighted by Crippen LogP contribution is 2.09. The van der Waals surface area contributed by atoms with Crippen molar-refractivity contribution in [3.8, 4) is 5.69 Å². The number of carboxylic acids is 2. The normalized spacial score (nSPS) is 9.96. The van der Waals surface area contributed by atoms with Gasteiger partial charge in [-0.05, 0) is 30.2 Å². The highest BCUT2D eigenvalue weighted by atomic mass is 16.4. The second-order valence-corrected chi connectivity index (χ2v) is 5.84. The van der Waals surface area contributed by atoms with E-state index < -0.39 is 11.9 Å². The van der Waals surface area contributed by atoms with Crippen LogP contribution in [0.5, 0.6) is 0 Å². The number of rotatable bonds is 5. The molecule has 3 rings (SSSR count). The van der Waals surface area contributed by atoms with E-state index in [1.165, 1.54) is 16.7 Å². The van der Waals surface area contributed by atoms with Crippen LogP contribution in [0.4, 0.5) is 0 Å². The van der Waals surface area contributed by atoms with Gasteiger partial charge in [0.25, 0.3) is 0 Å². The van der Waals surface area contributed by atoms with Crippen molar-refractivity contribution in [2.75, 3.05) is 0 Å². The number of hydrogen-bond donors (Lipinski definition) is 3. The topological polar surface area (TPSA) is 104 Å². The molecule has 27 heavy (non-hydrogen) atoms. The zero-order valence-corrected chi connectivity index (χ0v) is 14.9. The Morgan fingerprint density at radius 3 is 1.89 bits per heavy atom. The summed E-state index contributed by atoms with van der Waals surface area (Å²) in [7, 11) is 0. The van der Waals surface area contributed by atoms with Crippen molar-refractivity contribution in [2.45, 2.75) is 20.0 Å². The van der Waals surface area contributed by atoms with Crippen LogP contribution in [-0.2, 0) is 22.7 Å². The molecule has 0 atom stereocenters. The number of aromatic nitrogens is 2. The van der Waals surface area contributed by atoms with E-state index in [1.54, 1.807) is 6.20 Å². The maximum Gasteiger partial charge on any atom is 0.414 e. The first kappa shape index (κ1) is 19.9. The van der Waals surface area contributed by atoms with Gasteiger partial charge in [0.1, 0.15) is 0 Å². The molecule has 3 N–H and O–H groups in total. The number of nitrogens with zero attached hydrogens (tertiary/aromatic N) is 2. The average molecular weight is 367 g/mol. The molecule has 3 aromatic rings. The molecule has 0 aliphatic rings. The lowest BCUT2D eigenvalue weighted by Gasteiger charge is -2.07. The first-order valence-corrected chi connectivity index (χ1v) is 8.25. The van der Waals surface area contributed by atoms with E-state index in [2.05, 4.69) is 65.8 Å². The minimum Gasteiger partial charge on any atom is -0.473 e. The number of carboxylic acid groups (broad SMARTS) is 2. The summed E-state index contributed by atoms with van der Waals surface area (Å²) in [5, 5.41) is 18.3. The van der Waals surface area contributed by atoms with E-state index in [0.29, 0.717) is 0 Å². The predicted octanol–water partition coefficient (Wildman–Crippen LogP) is 2.63. The van der Waals surface area contributed by atoms with Crippen LogP contribution in [0.2, 0.25) is 0 Å². The summed E-state index contributed by atoms with van der Waals surface area (Å²) < 4.78 is 2.00. The third kappa shape index (κ3) is 6.75. The van der Waals surface area contributed by atoms with Crippen LogP contribution in [0.1, 0.15) is 16.7 Å². The van der Waals surface area contributed by atoms with Crippen molar-refractivity contribution < 1.29 is 19.8 Å². The van der Waals surface area contributed by atoms with Crippen molar-refractivity contribution in [3.05, 3.63) is 83.9 Å². The highest BCUT2D eigenvalue weighted by Gasteiger charge is 2.04. The van der Waals surface area contributed by atoms with Gasteiger partial charge in [-0.1, -0.05) is 42.0 Å². The number of carbonyl (C=O) groups is 2. The summed E-state index contributed by atoms with van der Waals surface area (Å²) in [4.78, 5) is 22.3. The highest BCUT2D eigenvalue weighted by molar-refractivity contribution is 6.27. The van der Waals surface area contributed by atoms with Crippen molar-refractivity contribution >= 4 is 11.9 Å². The Hall–Kier alpha value is -3.45. The van der Waals surface area contributed by atoms with Gasteiger partial charge in [0.15, 0.2) is 0 Å². The first-order chi connectivity index (χ1) is 13.0. The molecule has 1 heterocycles. The van der Waals surface area contributed by atoms with E-state index in [-0.39, 0.29) is 0 Å². The van der Waals surface area contributed by atoms with Gasteiger partial charge in [-0.2, -0.15) is 0 Å². The molecular weight excluding hydrogens is 346 g/mol. The molecule has 0 saturated carbocycles. The summed E-state index contributed by atoms with van der Waals surface area (Å²) >= 11 is 0.